The van der Waals surface area contributed by atoms with Gasteiger partial charge in [-0.25, -0.2) is 24.1 Å². The second-order valence-electron chi connectivity index (χ2n) is 4.12. The van der Waals surface area contributed by atoms with Crippen molar-refractivity contribution >= 4 is 66.9 Å². The van der Waals surface area contributed by atoms with E-state index in [1.165, 1.54) is 11.7 Å². The lowest BCUT2D eigenvalue weighted by molar-refractivity contribution is -0.114. The number of nitrogens with one attached hydrogen (secondary N) is 1. The van der Waals surface area contributed by atoms with Gasteiger partial charge in [0.25, 0.3) is 0 Å². The van der Waals surface area contributed by atoms with Gasteiger partial charge >= 0.3 is 5.97 Å². The topological polar surface area (TPSA) is 200 Å². The van der Waals surface area contributed by atoms with E-state index in [4.69, 9.17) is 16.6 Å². The van der Waals surface area contributed by atoms with Crippen LogP contribution in [-0.2, 0) is 16.1 Å². The van der Waals surface area contributed by atoms with Gasteiger partial charge in [-0.2, -0.15) is 0 Å². The van der Waals surface area contributed by atoms with E-state index >= 15 is 0 Å². The molecule has 0 aromatic carbocycles. The van der Waals surface area contributed by atoms with Gasteiger partial charge in [-0.05, 0) is 0 Å². The van der Waals surface area contributed by atoms with E-state index in [-0.39, 0.29) is 27.6 Å². The monoisotopic (exact) mass is 404 g/mol. The molecule has 25 heavy (non-hydrogen) atoms. The Kier molecular flexibility index (Phi) is 5.97. The zero-order valence-corrected chi connectivity index (χ0v) is 14.6. The van der Waals surface area contributed by atoms with Crippen molar-refractivity contribution in [2.75, 3.05) is 16.2 Å². The van der Waals surface area contributed by atoms with Crippen molar-refractivity contribution < 1.29 is 23.5 Å². The molecule has 0 bridgehead atoms. The summed E-state index contributed by atoms with van der Waals surface area (Å²) in [6.45, 7) is -0.327. The van der Waals surface area contributed by atoms with E-state index in [1.807, 2.05) is 0 Å². The number of carbonyl (C=O) groups is 2. The number of guanidine groups is 1. The smallest absolute Gasteiger partial charge is 0.357 e. The molecule has 0 aliphatic carbocycles. The summed E-state index contributed by atoms with van der Waals surface area (Å²) in [6, 6.07) is 0. The van der Waals surface area contributed by atoms with Gasteiger partial charge in [-0.1, -0.05) is 11.3 Å². The highest BCUT2D eigenvalue weighted by atomic mass is 32.2. The average molecular weight is 404 g/mol. The quantitative estimate of drug-likeness (QED) is 0.265. The van der Waals surface area contributed by atoms with Crippen molar-refractivity contribution in [1.82, 2.24) is 9.97 Å². The summed E-state index contributed by atoms with van der Waals surface area (Å²) in [4.78, 5) is 33.8. The van der Waals surface area contributed by atoms with Crippen molar-refractivity contribution in [1.29, 1.82) is 0 Å². The summed E-state index contributed by atoms with van der Waals surface area (Å²) >= 11 is -1.18. The summed E-state index contributed by atoms with van der Waals surface area (Å²) in [5.74, 6) is -2.19. The Morgan fingerprint density at radius 3 is 2.76 bits per heavy atom. The molecular formula is C10H10N7O5S3-. The number of aromatic nitrogens is 2. The maximum absolute atomic E-state index is 11.6. The fraction of sp³-hybridized carbons (Fsp3) is 0.100. The van der Waals surface area contributed by atoms with Crippen LogP contribution in [0.25, 0.3) is 0 Å². The summed E-state index contributed by atoms with van der Waals surface area (Å²) in [5.41, 5.74) is 11.0. The summed E-state index contributed by atoms with van der Waals surface area (Å²) < 4.78 is 23.8. The number of carboxylic acids is 1. The first-order chi connectivity index (χ1) is 11.8. The van der Waals surface area contributed by atoms with Crippen molar-refractivity contribution in [2.24, 2.45) is 16.5 Å². The minimum absolute atomic E-state index is 0.0669. The molecule has 12 nitrogen and oxygen atoms in total. The molecule has 1 atom stereocenters. The Bertz CT molecular complexity index is 844. The van der Waals surface area contributed by atoms with E-state index < -0.39 is 28.8 Å². The number of amides is 1. The van der Waals surface area contributed by atoms with Crippen LogP contribution in [0, 0.1) is 0 Å². The molecule has 0 spiro atoms. The molecule has 1 unspecified atom stereocenters. The van der Waals surface area contributed by atoms with Gasteiger partial charge in [0.05, 0.1) is 23.0 Å². The Morgan fingerprint density at radius 1 is 1.44 bits per heavy atom. The van der Waals surface area contributed by atoms with Gasteiger partial charge in [0.2, 0.25) is 5.91 Å². The Labute approximate surface area is 150 Å². The largest absolute Gasteiger partial charge is 0.755 e. The molecule has 0 aliphatic rings. The van der Waals surface area contributed by atoms with Crippen molar-refractivity contribution in [3.8, 4) is 0 Å². The molecule has 6 N–H and O–H groups in total. The van der Waals surface area contributed by atoms with Gasteiger partial charge in [0, 0.05) is 0 Å². The normalized spacial score (nSPS) is 11.6. The SMILES string of the molecule is NC(N)=NCC(=O)Nc1ncc(N(c2scnc2C(=O)O)S(=O)[O-])s1. The van der Waals surface area contributed by atoms with Crippen LogP contribution in [0.3, 0.4) is 0 Å². The summed E-state index contributed by atoms with van der Waals surface area (Å²) in [5, 5.41) is 11.5. The molecule has 0 saturated heterocycles. The van der Waals surface area contributed by atoms with E-state index in [9.17, 15) is 18.4 Å². The Balaban J connectivity index is 2.24. The van der Waals surface area contributed by atoms with Crippen LogP contribution in [0.1, 0.15) is 10.5 Å². The van der Waals surface area contributed by atoms with Gasteiger partial charge in [0.15, 0.2) is 16.8 Å². The zero-order chi connectivity index (χ0) is 18.6. The first-order valence-corrected chi connectivity index (χ1v) is 8.89. The molecule has 0 radical (unpaired) electrons. The molecule has 15 heteroatoms. The molecule has 0 fully saturated rings. The number of hydrogen-bond donors (Lipinski definition) is 4. The first kappa shape index (κ1) is 18.7. The fourth-order valence-electron chi connectivity index (χ4n) is 1.51. The number of carboxylic acid groups (broad SMARTS) is 1. The third-order valence-electron chi connectivity index (χ3n) is 2.43. The highest BCUT2D eigenvalue weighted by Gasteiger charge is 2.23. The Hall–Kier alpha value is -2.62. The number of aromatic carboxylic acids is 1. The second-order valence-corrected chi connectivity index (χ2v) is 6.76. The highest BCUT2D eigenvalue weighted by Crippen LogP contribution is 2.37. The van der Waals surface area contributed by atoms with Gasteiger partial charge in [-0.3, -0.25) is 9.00 Å². The lowest BCUT2D eigenvalue weighted by atomic mass is 10.4. The molecule has 2 aromatic rings. The number of anilines is 3. The van der Waals surface area contributed by atoms with Crippen LogP contribution in [-0.4, -0.2) is 48.2 Å². The lowest BCUT2D eigenvalue weighted by Gasteiger charge is -2.22. The van der Waals surface area contributed by atoms with Crippen LogP contribution in [0.15, 0.2) is 16.7 Å². The number of hydrogen-bond acceptors (Lipinski definition) is 9. The molecule has 2 aromatic heterocycles. The highest BCUT2D eigenvalue weighted by molar-refractivity contribution is 7.81. The van der Waals surface area contributed by atoms with Crippen molar-refractivity contribution in [3.05, 3.63) is 17.4 Å². The maximum Gasteiger partial charge on any atom is 0.357 e. The lowest BCUT2D eigenvalue weighted by Crippen LogP contribution is -2.25. The molecule has 1 amide bonds. The minimum atomic E-state index is -2.83. The third-order valence-corrected chi connectivity index (χ3v) is 5.05. The van der Waals surface area contributed by atoms with Crippen molar-refractivity contribution in [3.63, 3.8) is 0 Å². The molecule has 2 heterocycles. The summed E-state index contributed by atoms with van der Waals surface area (Å²) in [7, 11) is 0. The predicted molar refractivity (Wildman–Crippen MR) is 91.6 cm³/mol. The number of rotatable bonds is 7. The van der Waals surface area contributed by atoms with Crippen LogP contribution in [0.4, 0.5) is 15.1 Å². The molecule has 0 saturated carbocycles. The van der Waals surface area contributed by atoms with E-state index in [2.05, 4.69) is 20.3 Å². The first-order valence-electron chi connectivity index (χ1n) is 6.17. The number of aliphatic imine (C=N–C) groups is 1. The van der Waals surface area contributed by atoms with E-state index in [0.717, 1.165) is 27.0 Å². The number of nitrogens with zero attached hydrogens (tertiary/aromatic N) is 4. The fourth-order valence-corrected chi connectivity index (χ4v) is 4.04. The predicted octanol–water partition coefficient (Wildman–Crippen LogP) is -0.558. The van der Waals surface area contributed by atoms with Crippen LogP contribution in [0.5, 0.6) is 0 Å². The van der Waals surface area contributed by atoms with Crippen molar-refractivity contribution in [2.45, 2.75) is 0 Å². The summed E-state index contributed by atoms with van der Waals surface area (Å²) in [6.07, 6.45) is 1.17. The zero-order valence-electron chi connectivity index (χ0n) is 12.1. The molecule has 2 rings (SSSR count). The minimum Gasteiger partial charge on any atom is -0.755 e. The number of nitrogens with two attached hydrogens (primary N) is 2. The van der Waals surface area contributed by atoms with E-state index in [0.29, 0.717) is 0 Å². The molecule has 134 valence electrons. The molecule has 0 aliphatic heterocycles. The molecular weight excluding hydrogens is 394 g/mol. The van der Waals surface area contributed by atoms with Gasteiger partial charge in [-0.15, -0.1) is 11.3 Å². The number of thiazole rings is 2. The standard InChI is InChI=1S/C10H11N7O5S3/c11-9(12)13-1-4(18)16-10-14-2-5(24-10)17(25(21)22)7-6(8(19)20)15-3-23-7/h2-3H,1H2,(H,19,20)(H,21,22)(H4,11,12,13)(H,14,16,18)/p-1. The van der Waals surface area contributed by atoms with Gasteiger partial charge in [0.1, 0.15) is 16.5 Å². The average Bonchev–Trinajstić information content (AvgIpc) is 3.15. The number of carbonyl (C=O) groups excluding carboxylic acids is 1. The van der Waals surface area contributed by atoms with E-state index in [1.54, 1.807) is 0 Å². The second kappa shape index (κ2) is 7.97. The third kappa shape index (κ3) is 4.69. The Morgan fingerprint density at radius 2 is 2.16 bits per heavy atom. The van der Waals surface area contributed by atoms with Crippen LogP contribution >= 0.6 is 22.7 Å². The van der Waals surface area contributed by atoms with Gasteiger partial charge < -0.3 is 26.4 Å². The van der Waals surface area contributed by atoms with Crippen LogP contribution in [0.2, 0.25) is 0 Å². The maximum atomic E-state index is 11.6. The van der Waals surface area contributed by atoms with Crippen LogP contribution < -0.4 is 21.1 Å².